The number of carbonyl (C=O) groups excluding carboxylic acids is 1. The van der Waals surface area contributed by atoms with Crippen LogP contribution >= 0.6 is 0 Å². The molecular formula is C23H23N3O4. The third-order valence-electron chi connectivity index (χ3n) is 5.31. The van der Waals surface area contributed by atoms with Crippen LogP contribution in [0.3, 0.4) is 0 Å². The van der Waals surface area contributed by atoms with Crippen LogP contribution < -0.4 is 19.9 Å². The number of para-hydroxylation sites is 1. The second-order valence-electron chi connectivity index (χ2n) is 7.23. The summed E-state index contributed by atoms with van der Waals surface area (Å²) < 4.78 is 11.9. The molecule has 1 aromatic heterocycles. The minimum atomic E-state index is -0.339. The summed E-state index contributed by atoms with van der Waals surface area (Å²) in [5, 5.41) is 4.44. The van der Waals surface area contributed by atoms with Gasteiger partial charge in [-0.05, 0) is 49.2 Å². The Labute approximate surface area is 174 Å². The van der Waals surface area contributed by atoms with Crippen molar-refractivity contribution in [2.75, 3.05) is 19.1 Å². The largest absolute Gasteiger partial charge is 0.497 e. The lowest BCUT2D eigenvalue weighted by Gasteiger charge is -2.23. The predicted octanol–water partition coefficient (Wildman–Crippen LogP) is 2.91. The maximum absolute atomic E-state index is 13.1. The van der Waals surface area contributed by atoms with Crippen molar-refractivity contribution in [1.29, 1.82) is 0 Å². The number of aromatic nitrogens is 2. The number of carbonyl (C=O) groups is 1. The van der Waals surface area contributed by atoms with E-state index in [1.165, 1.54) is 10.7 Å². The van der Waals surface area contributed by atoms with Crippen molar-refractivity contribution >= 4 is 11.6 Å². The lowest BCUT2D eigenvalue weighted by atomic mass is 10.1. The monoisotopic (exact) mass is 405 g/mol. The van der Waals surface area contributed by atoms with Crippen LogP contribution in [0.4, 0.5) is 5.69 Å². The predicted molar refractivity (Wildman–Crippen MR) is 114 cm³/mol. The Morgan fingerprint density at radius 3 is 2.67 bits per heavy atom. The van der Waals surface area contributed by atoms with Gasteiger partial charge in [0, 0.05) is 23.4 Å². The van der Waals surface area contributed by atoms with E-state index in [0.29, 0.717) is 22.8 Å². The molecule has 1 aliphatic heterocycles. The first-order valence-electron chi connectivity index (χ1n) is 9.72. The Morgan fingerprint density at radius 1 is 1.10 bits per heavy atom. The highest BCUT2D eigenvalue weighted by Crippen LogP contribution is 2.33. The highest BCUT2D eigenvalue weighted by atomic mass is 16.5. The van der Waals surface area contributed by atoms with Crippen LogP contribution in [0.15, 0.2) is 59.4 Å². The van der Waals surface area contributed by atoms with Gasteiger partial charge in [-0.25, -0.2) is 4.68 Å². The minimum absolute atomic E-state index is 0.0345. The molecule has 0 N–H and O–H groups in total. The van der Waals surface area contributed by atoms with Crippen molar-refractivity contribution in [3.8, 4) is 22.8 Å². The van der Waals surface area contributed by atoms with Crippen molar-refractivity contribution in [3.63, 3.8) is 0 Å². The number of hydrogen-bond acceptors (Lipinski definition) is 5. The molecule has 1 unspecified atom stereocenters. The Balaban J connectivity index is 1.67. The van der Waals surface area contributed by atoms with Crippen molar-refractivity contribution < 1.29 is 14.3 Å². The van der Waals surface area contributed by atoms with E-state index in [4.69, 9.17) is 9.47 Å². The van der Waals surface area contributed by atoms with Gasteiger partial charge in [-0.15, -0.1) is 0 Å². The quantitative estimate of drug-likeness (QED) is 0.653. The summed E-state index contributed by atoms with van der Waals surface area (Å²) in [6, 6.07) is 16.3. The SMILES string of the molecule is COc1ccc(OC)c(-c2ccc(=O)n(CC(=O)N3c4ccccc4CC3C)n2)c1. The molecule has 154 valence electrons. The number of nitrogens with zero attached hydrogens (tertiary/aromatic N) is 3. The second-order valence-corrected chi connectivity index (χ2v) is 7.23. The van der Waals surface area contributed by atoms with E-state index in [9.17, 15) is 9.59 Å². The van der Waals surface area contributed by atoms with Gasteiger partial charge in [0.2, 0.25) is 5.91 Å². The van der Waals surface area contributed by atoms with Crippen LogP contribution in [0.1, 0.15) is 12.5 Å². The van der Waals surface area contributed by atoms with Gasteiger partial charge in [0.05, 0.1) is 19.9 Å². The van der Waals surface area contributed by atoms with Gasteiger partial charge in [-0.1, -0.05) is 18.2 Å². The van der Waals surface area contributed by atoms with E-state index in [-0.39, 0.29) is 24.1 Å². The van der Waals surface area contributed by atoms with E-state index in [1.54, 1.807) is 43.4 Å². The third-order valence-corrected chi connectivity index (χ3v) is 5.31. The van der Waals surface area contributed by atoms with Gasteiger partial charge in [0.1, 0.15) is 18.0 Å². The van der Waals surface area contributed by atoms with Gasteiger partial charge in [0.15, 0.2) is 0 Å². The molecule has 0 radical (unpaired) electrons. The molecule has 30 heavy (non-hydrogen) atoms. The summed E-state index contributed by atoms with van der Waals surface area (Å²) in [5.74, 6) is 1.07. The molecule has 2 heterocycles. The molecule has 0 saturated carbocycles. The van der Waals surface area contributed by atoms with Gasteiger partial charge >= 0.3 is 0 Å². The normalized spacial score (nSPS) is 15.0. The van der Waals surface area contributed by atoms with Crippen molar-refractivity contribution in [2.24, 2.45) is 0 Å². The Kier molecular flexibility index (Phi) is 5.27. The summed E-state index contributed by atoms with van der Waals surface area (Å²) >= 11 is 0. The molecule has 0 spiro atoms. The van der Waals surface area contributed by atoms with Gasteiger partial charge < -0.3 is 14.4 Å². The van der Waals surface area contributed by atoms with Crippen LogP contribution in [0.25, 0.3) is 11.3 Å². The van der Waals surface area contributed by atoms with E-state index >= 15 is 0 Å². The number of fused-ring (bicyclic) bond motifs is 1. The summed E-state index contributed by atoms with van der Waals surface area (Å²) in [7, 11) is 3.14. The highest BCUT2D eigenvalue weighted by Gasteiger charge is 2.30. The fourth-order valence-corrected chi connectivity index (χ4v) is 3.87. The van der Waals surface area contributed by atoms with Crippen LogP contribution in [-0.4, -0.2) is 35.9 Å². The fraction of sp³-hybridized carbons (Fsp3) is 0.261. The molecule has 1 atom stereocenters. The van der Waals surface area contributed by atoms with Crippen molar-refractivity contribution in [2.45, 2.75) is 25.9 Å². The average Bonchev–Trinajstić information content (AvgIpc) is 3.10. The number of ether oxygens (including phenoxy) is 2. The van der Waals surface area contributed by atoms with E-state index in [1.807, 2.05) is 31.2 Å². The Hall–Kier alpha value is -3.61. The summed E-state index contributed by atoms with van der Waals surface area (Å²) in [5.41, 5.74) is 2.89. The molecule has 1 amide bonds. The number of methoxy groups -OCH3 is 2. The van der Waals surface area contributed by atoms with Gasteiger partial charge in [0.25, 0.3) is 5.56 Å². The lowest BCUT2D eigenvalue weighted by Crippen LogP contribution is -2.40. The maximum atomic E-state index is 13.1. The molecule has 3 aromatic rings. The first-order chi connectivity index (χ1) is 14.5. The lowest BCUT2D eigenvalue weighted by molar-refractivity contribution is -0.119. The van der Waals surface area contributed by atoms with Crippen LogP contribution in [0.5, 0.6) is 11.5 Å². The Morgan fingerprint density at radius 2 is 1.90 bits per heavy atom. The molecule has 0 aliphatic carbocycles. The topological polar surface area (TPSA) is 73.7 Å². The smallest absolute Gasteiger partial charge is 0.267 e. The first-order valence-corrected chi connectivity index (χ1v) is 9.72. The Bertz CT molecular complexity index is 1160. The summed E-state index contributed by atoms with van der Waals surface area (Å²) in [4.78, 5) is 27.3. The number of hydrogen-bond donors (Lipinski definition) is 0. The molecule has 2 aromatic carbocycles. The molecule has 7 nitrogen and oxygen atoms in total. The zero-order valence-electron chi connectivity index (χ0n) is 17.2. The molecule has 0 bridgehead atoms. The minimum Gasteiger partial charge on any atom is -0.497 e. The summed E-state index contributed by atoms with van der Waals surface area (Å²) in [6.07, 6.45) is 0.797. The van der Waals surface area contributed by atoms with Crippen LogP contribution in [-0.2, 0) is 17.8 Å². The average molecular weight is 405 g/mol. The standard InChI is InChI=1S/C23H23N3O4/c1-15-12-16-6-4-5-7-20(16)26(15)23(28)14-25-22(27)11-9-19(24-25)18-13-17(29-2)8-10-21(18)30-3/h4-11,13,15H,12,14H2,1-3H3. The van der Waals surface area contributed by atoms with Crippen LogP contribution in [0, 0.1) is 0 Å². The first kappa shape index (κ1) is 19.7. The number of amides is 1. The summed E-state index contributed by atoms with van der Waals surface area (Å²) in [6.45, 7) is 1.86. The number of anilines is 1. The van der Waals surface area contributed by atoms with E-state index in [2.05, 4.69) is 5.10 Å². The number of benzene rings is 2. The number of rotatable bonds is 5. The molecule has 0 fully saturated rings. The molecular weight excluding hydrogens is 382 g/mol. The maximum Gasteiger partial charge on any atom is 0.267 e. The van der Waals surface area contributed by atoms with E-state index in [0.717, 1.165) is 17.7 Å². The zero-order valence-corrected chi connectivity index (χ0v) is 17.2. The van der Waals surface area contributed by atoms with Crippen molar-refractivity contribution in [3.05, 3.63) is 70.5 Å². The fourth-order valence-electron chi connectivity index (χ4n) is 3.87. The van der Waals surface area contributed by atoms with Crippen LogP contribution in [0.2, 0.25) is 0 Å². The van der Waals surface area contributed by atoms with Gasteiger partial charge in [-0.3, -0.25) is 9.59 Å². The zero-order chi connectivity index (χ0) is 21.3. The molecule has 7 heteroatoms. The van der Waals surface area contributed by atoms with E-state index < -0.39 is 0 Å². The van der Waals surface area contributed by atoms with Gasteiger partial charge in [-0.2, -0.15) is 5.10 Å². The third kappa shape index (κ3) is 3.54. The molecule has 4 rings (SSSR count). The molecule has 1 aliphatic rings. The highest BCUT2D eigenvalue weighted by molar-refractivity contribution is 5.96. The van der Waals surface area contributed by atoms with Crippen molar-refractivity contribution in [1.82, 2.24) is 9.78 Å². The second kappa shape index (κ2) is 8.02. The molecule has 0 saturated heterocycles.